The lowest BCUT2D eigenvalue weighted by Crippen LogP contribution is -2.27. The van der Waals surface area contributed by atoms with E-state index in [-0.39, 0.29) is 12.3 Å². The highest BCUT2D eigenvalue weighted by Crippen LogP contribution is 2.38. The van der Waals surface area contributed by atoms with Crippen molar-refractivity contribution in [3.63, 3.8) is 0 Å². The van der Waals surface area contributed by atoms with Gasteiger partial charge in [0.2, 0.25) is 11.7 Å². The normalized spacial score (nSPS) is 10.3. The highest BCUT2D eigenvalue weighted by Gasteiger charge is 2.17. The molecule has 0 fully saturated rings. The molecule has 0 aliphatic heterocycles. The Morgan fingerprint density at radius 1 is 1.04 bits per heavy atom. The molecule has 2 aromatic rings. The molecule has 0 spiro atoms. The van der Waals surface area contributed by atoms with Crippen LogP contribution in [0.1, 0.15) is 11.1 Å². The predicted molar refractivity (Wildman–Crippen MR) is 100 cm³/mol. The van der Waals surface area contributed by atoms with E-state index in [4.69, 9.17) is 14.2 Å². The molecule has 0 heterocycles. The molecule has 1 amide bonds. The number of carbonyl (C=O) groups excluding carboxylic acids is 1. The number of nitrogens with zero attached hydrogens (tertiary/aromatic N) is 1. The van der Waals surface area contributed by atoms with Gasteiger partial charge in [0.05, 0.1) is 27.8 Å². The largest absolute Gasteiger partial charge is 0.493 e. The van der Waals surface area contributed by atoms with Crippen LogP contribution in [-0.2, 0) is 17.8 Å². The average molecular weight is 408 g/mol. The summed E-state index contributed by atoms with van der Waals surface area (Å²) < 4.78 is 17.0. The van der Waals surface area contributed by atoms with Crippen LogP contribution in [0.25, 0.3) is 0 Å². The van der Waals surface area contributed by atoms with E-state index in [0.29, 0.717) is 23.8 Å². The second-order valence-electron chi connectivity index (χ2n) is 5.55. The summed E-state index contributed by atoms with van der Waals surface area (Å²) in [5, 5.41) is 0. The number of methoxy groups -OCH3 is 3. The van der Waals surface area contributed by atoms with Gasteiger partial charge in [-0.25, -0.2) is 0 Å². The fourth-order valence-electron chi connectivity index (χ4n) is 2.52. The number of ether oxygens (including phenoxy) is 3. The van der Waals surface area contributed by atoms with Gasteiger partial charge in [-0.3, -0.25) is 4.79 Å². The molecule has 0 aromatic heterocycles. The van der Waals surface area contributed by atoms with Gasteiger partial charge in [0, 0.05) is 18.1 Å². The van der Waals surface area contributed by atoms with Crippen molar-refractivity contribution in [3.8, 4) is 17.2 Å². The second kappa shape index (κ2) is 8.76. The summed E-state index contributed by atoms with van der Waals surface area (Å²) in [6.07, 6.45) is 0.248. The van der Waals surface area contributed by atoms with Crippen LogP contribution < -0.4 is 14.2 Å². The number of hydrogen-bond acceptors (Lipinski definition) is 4. The molecule has 2 aromatic carbocycles. The average Bonchev–Trinajstić information content (AvgIpc) is 2.62. The third kappa shape index (κ3) is 4.66. The second-order valence-corrected chi connectivity index (χ2v) is 6.41. The third-order valence-electron chi connectivity index (χ3n) is 3.87. The van der Waals surface area contributed by atoms with E-state index >= 15 is 0 Å². The summed E-state index contributed by atoms with van der Waals surface area (Å²) in [7, 11) is 6.46. The summed E-state index contributed by atoms with van der Waals surface area (Å²) in [6, 6.07) is 11.5. The minimum atomic E-state index is 0.00465. The Morgan fingerprint density at radius 2 is 1.64 bits per heavy atom. The molecular formula is C19H22BrNO4. The van der Waals surface area contributed by atoms with E-state index in [2.05, 4.69) is 15.9 Å². The Hall–Kier alpha value is -2.21. The Balaban J connectivity index is 2.15. The first kappa shape index (κ1) is 19.1. The number of likely N-dealkylation sites (N-methyl/N-ethyl adjacent to an activating group) is 1. The molecule has 0 bridgehead atoms. The van der Waals surface area contributed by atoms with E-state index in [1.165, 1.54) is 0 Å². The molecular weight excluding hydrogens is 386 g/mol. The Labute approximate surface area is 156 Å². The molecule has 0 radical (unpaired) electrons. The Bertz CT molecular complexity index is 723. The first-order valence-corrected chi connectivity index (χ1v) is 8.55. The zero-order chi connectivity index (χ0) is 18.4. The molecule has 5 nitrogen and oxygen atoms in total. The molecule has 25 heavy (non-hydrogen) atoms. The van der Waals surface area contributed by atoms with Gasteiger partial charge in [-0.15, -0.1) is 0 Å². The first-order chi connectivity index (χ1) is 12.0. The van der Waals surface area contributed by atoms with Crippen LogP contribution in [0.2, 0.25) is 0 Å². The van der Waals surface area contributed by atoms with Gasteiger partial charge in [-0.1, -0.05) is 34.1 Å². The standard InChI is InChI=1S/C19H22BrNO4/c1-21(12-14-7-5-6-8-15(14)20)18(22)11-13-9-16(23-2)19(25-4)17(10-13)24-3/h5-10H,11-12H2,1-4H3. The van der Waals surface area contributed by atoms with Crippen molar-refractivity contribution in [2.24, 2.45) is 0 Å². The predicted octanol–water partition coefficient (Wildman–Crippen LogP) is 3.68. The maximum absolute atomic E-state index is 12.6. The van der Waals surface area contributed by atoms with Gasteiger partial charge in [-0.2, -0.15) is 0 Å². The van der Waals surface area contributed by atoms with Crippen molar-refractivity contribution in [3.05, 3.63) is 52.0 Å². The summed E-state index contributed by atoms with van der Waals surface area (Å²) in [4.78, 5) is 14.3. The minimum absolute atomic E-state index is 0.00465. The van der Waals surface area contributed by atoms with Crippen molar-refractivity contribution in [1.82, 2.24) is 4.90 Å². The van der Waals surface area contributed by atoms with Crippen LogP contribution in [0.15, 0.2) is 40.9 Å². The van der Waals surface area contributed by atoms with Gasteiger partial charge < -0.3 is 19.1 Å². The fourth-order valence-corrected chi connectivity index (χ4v) is 2.93. The summed E-state index contributed by atoms with van der Waals surface area (Å²) >= 11 is 3.51. The zero-order valence-electron chi connectivity index (χ0n) is 14.8. The van der Waals surface area contributed by atoms with Crippen LogP contribution in [0.4, 0.5) is 0 Å². The van der Waals surface area contributed by atoms with Gasteiger partial charge in [0.1, 0.15) is 0 Å². The van der Waals surface area contributed by atoms with Crippen LogP contribution in [-0.4, -0.2) is 39.2 Å². The quantitative estimate of drug-likeness (QED) is 0.702. The van der Waals surface area contributed by atoms with Gasteiger partial charge in [0.25, 0.3) is 0 Å². The van der Waals surface area contributed by atoms with Crippen LogP contribution in [0.3, 0.4) is 0 Å². The molecule has 134 valence electrons. The lowest BCUT2D eigenvalue weighted by Gasteiger charge is -2.19. The van der Waals surface area contributed by atoms with Crippen molar-refractivity contribution < 1.29 is 19.0 Å². The molecule has 0 saturated carbocycles. The number of halogens is 1. The van der Waals surface area contributed by atoms with E-state index in [1.54, 1.807) is 45.4 Å². The number of amides is 1. The van der Waals surface area contributed by atoms with E-state index in [1.807, 2.05) is 24.3 Å². The van der Waals surface area contributed by atoms with Crippen molar-refractivity contribution in [2.45, 2.75) is 13.0 Å². The summed E-state index contributed by atoms with van der Waals surface area (Å²) in [5.41, 5.74) is 1.86. The minimum Gasteiger partial charge on any atom is -0.493 e. The number of benzene rings is 2. The SMILES string of the molecule is COc1cc(CC(=O)N(C)Cc2ccccc2Br)cc(OC)c1OC. The van der Waals surface area contributed by atoms with E-state index < -0.39 is 0 Å². The zero-order valence-corrected chi connectivity index (χ0v) is 16.4. The van der Waals surface area contributed by atoms with E-state index in [9.17, 15) is 4.79 Å². The molecule has 0 saturated heterocycles. The molecule has 6 heteroatoms. The maximum Gasteiger partial charge on any atom is 0.227 e. The monoisotopic (exact) mass is 407 g/mol. The van der Waals surface area contributed by atoms with Gasteiger partial charge >= 0.3 is 0 Å². The van der Waals surface area contributed by atoms with Crippen molar-refractivity contribution in [2.75, 3.05) is 28.4 Å². The Kier molecular flexibility index (Phi) is 6.70. The molecule has 0 N–H and O–H groups in total. The topological polar surface area (TPSA) is 48.0 Å². The fraction of sp³-hybridized carbons (Fsp3) is 0.316. The Morgan fingerprint density at radius 3 is 2.16 bits per heavy atom. The van der Waals surface area contributed by atoms with Gasteiger partial charge in [-0.05, 0) is 29.3 Å². The summed E-state index contributed by atoms with van der Waals surface area (Å²) in [5.74, 6) is 1.60. The highest BCUT2D eigenvalue weighted by atomic mass is 79.9. The van der Waals surface area contributed by atoms with E-state index in [0.717, 1.165) is 15.6 Å². The lowest BCUT2D eigenvalue weighted by atomic mass is 10.1. The van der Waals surface area contributed by atoms with Crippen molar-refractivity contribution in [1.29, 1.82) is 0 Å². The smallest absolute Gasteiger partial charge is 0.227 e. The lowest BCUT2D eigenvalue weighted by molar-refractivity contribution is -0.129. The number of rotatable bonds is 7. The van der Waals surface area contributed by atoms with Crippen LogP contribution in [0, 0.1) is 0 Å². The summed E-state index contributed by atoms with van der Waals surface area (Å²) in [6.45, 7) is 0.532. The highest BCUT2D eigenvalue weighted by molar-refractivity contribution is 9.10. The van der Waals surface area contributed by atoms with Crippen molar-refractivity contribution >= 4 is 21.8 Å². The molecule has 0 unspecified atom stereocenters. The molecule has 2 rings (SSSR count). The molecule has 0 aliphatic carbocycles. The molecule has 0 aliphatic rings. The third-order valence-corrected chi connectivity index (χ3v) is 4.64. The number of carbonyl (C=O) groups is 1. The molecule has 0 atom stereocenters. The van der Waals surface area contributed by atoms with Crippen LogP contribution in [0.5, 0.6) is 17.2 Å². The number of hydrogen-bond donors (Lipinski definition) is 0. The van der Waals surface area contributed by atoms with Gasteiger partial charge in [0.15, 0.2) is 11.5 Å². The first-order valence-electron chi connectivity index (χ1n) is 7.76. The van der Waals surface area contributed by atoms with Crippen LogP contribution >= 0.6 is 15.9 Å². The maximum atomic E-state index is 12.6.